The average Bonchev–Trinajstić information content (AvgIpc) is 2.99. The van der Waals surface area contributed by atoms with Crippen LogP contribution >= 0.6 is 0 Å². The van der Waals surface area contributed by atoms with Crippen LogP contribution in [0.5, 0.6) is 23.0 Å². The first-order valence-corrected chi connectivity index (χ1v) is 13.2. The monoisotopic (exact) mass is 552 g/mol. The average molecular weight is 553 g/mol. The van der Waals surface area contributed by atoms with Crippen LogP contribution in [0.1, 0.15) is 30.5 Å². The Bertz CT molecular complexity index is 1540. The largest absolute Gasteiger partial charge is 0.493 e. The van der Waals surface area contributed by atoms with Crippen LogP contribution in [0, 0.1) is 11.3 Å². The van der Waals surface area contributed by atoms with Gasteiger partial charge in [-0.25, -0.2) is 0 Å². The summed E-state index contributed by atoms with van der Waals surface area (Å²) in [5.74, 6) is 1.17. The Labute approximate surface area is 240 Å². The minimum absolute atomic E-state index is 0.0593. The van der Waals surface area contributed by atoms with E-state index in [-0.39, 0.29) is 17.7 Å². The molecule has 0 unspecified atom stereocenters. The summed E-state index contributed by atoms with van der Waals surface area (Å²) in [5.41, 5.74) is 3.11. The second kappa shape index (κ2) is 13.4. The van der Waals surface area contributed by atoms with Gasteiger partial charge in [-0.3, -0.25) is 14.5 Å². The number of methoxy groups -OCH3 is 2. The van der Waals surface area contributed by atoms with Crippen molar-refractivity contribution in [2.75, 3.05) is 27.4 Å². The van der Waals surface area contributed by atoms with Gasteiger partial charge in [-0.1, -0.05) is 42.5 Å². The Morgan fingerprint density at radius 3 is 2.24 bits per heavy atom. The van der Waals surface area contributed by atoms with E-state index in [1.54, 1.807) is 51.5 Å². The maximum atomic E-state index is 13.6. The molecule has 1 aliphatic heterocycles. The Kier molecular flexibility index (Phi) is 9.43. The van der Waals surface area contributed by atoms with Crippen molar-refractivity contribution < 1.29 is 28.5 Å². The lowest BCUT2D eigenvalue weighted by atomic mass is 9.93. The number of hydrogen-bond acceptors (Lipinski definition) is 7. The second-order valence-corrected chi connectivity index (χ2v) is 9.28. The molecule has 0 saturated heterocycles. The van der Waals surface area contributed by atoms with E-state index in [0.29, 0.717) is 53.8 Å². The number of nitriles is 1. The van der Waals surface area contributed by atoms with Crippen LogP contribution in [-0.4, -0.2) is 44.1 Å². The first-order valence-electron chi connectivity index (χ1n) is 13.2. The molecule has 0 radical (unpaired) electrons. The van der Waals surface area contributed by atoms with E-state index in [4.69, 9.17) is 18.9 Å². The van der Waals surface area contributed by atoms with E-state index in [9.17, 15) is 14.9 Å². The zero-order chi connectivity index (χ0) is 29.4. The van der Waals surface area contributed by atoms with Crippen LogP contribution in [0.2, 0.25) is 0 Å². The van der Waals surface area contributed by atoms with E-state index in [1.165, 1.54) is 0 Å². The Morgan fingerprint density at radius 1 is 0.829 bits per heavy atom. The molecule has 0 aliphatic carbocycles. The molecule has 0 aromatic heterocycles. The molecule has 8 nitrogen and oxygen atoms in total. The molecule has 0 spiro atoms. The summed E-state index contributed by atoms with van der Waals surface area (Å²) in [4.78, 5) is 27.8. The fourth-order valence-corrected chi connectivity index (χ4v) is 4.51. The van der Waals surface area contributed by atoms with Gasteiger partial charge in [0.25, 0.3) is 11.8 Å². The van der Waals surface area contributed by atoms with Gasteiger partial charge in [0.15, 0.2) is 23.0 Å². The lowest BCUT2D eigenvalue weighted by Gasteiger charge is -2.27. The number of rotatable bonds is 11. The van der Waals surface area contributed by atoms with E-state index in [0.717, 1.165) is 16.0 Å². The highest BCUT2D eigenvalue weighted by Crippen LogP contribution is 2.33. The smallest absolute Gasteiger partial charge is 0.271 e. The molecular weight excluding hydrogens is 520 g/mol. The molecule has 0 N–H and O–H groups in total. The summed E-state index contributed by atoms with van der Waals surface area (Å²) in [5, 5.41) is 9.77. The minimum Gasteiger partial charge on any atom is -0.493 e. The van der Waals surface area contributed by atoms with Gasteiger partial charge >= 0.3 is 0 Å². The quantitative estimate of drug-likeness (QED) is 0.228. The maximum absolute atomic E-state index is 13.6. The summed E-state index contributed by atoms with van der Waals surface area (Å²) in [6.45, 7) is 4.40. The molecule has 2 amide bonds. The zero-order valence-corrected chi connectivity index (χ0v) is 23.6. The third kappa shape index (κ3) is 6.59. The van der Waals surface area contributed by atoms with Crippen molar-refractivity contribution in [1.82, 2.24) is 4.90 Å². The predicted octanol–water partition coefficient (Wildman–Crippen LogP) is 5.52. The predicted molar refractivity (Wildman–Crippen MR) is 155 cm³/mol. The summed E-state index contributed by atoms with van der Waals surface area (Å²) < 4.78 is 22.5. The van der Waals surface area contributed by atoms with E-state index in [1.807, 2.05) is 55.5 Å². The highest BCUT2D eigenvalue weighted by Gasteiger charge is 2.35. The van der Waals surface area contributed by atoms with Crippen LogP contribution in [0.25, 0.3) is 6.08 Å². The van der Waals surface area contributed by atoms with Gasteiger partial charge in [-0.2, -0.15) is 5.26 Å². The molecule has 1 heterocycles. The van der Waals surface area contributed by atoms with Gasteiger partial charge in [0.05, 0.1) is 20.8 Å². The van der Waals surface area contributed by atoms with Crippen molar-refractivity contribution in [3.63, 3.8) is 0 Å². The lowest BCUT2D eigenvalue weighted by molar-refractivity contribution is -0.140. The van der Waals surface area contributed by atoms with Crippen LogP contribution in [0.15, 0.2) is 83.4 Å². The number of ether oxygens (including phenoxy) is 4. The molecule has 0 bridgehead atoms. The van der Waals surface area contributed by atoms with Gasteiger partial charge in [-0.05, 0) is 72.9 Å². The van der Waals surface area contributed by atoms with Crippen LogP contribution in [0.4, 0.5) is 0 Å². The molecule has 210 valence electrons. The lowest BCUT2D eigenvalue weighted by Crippen LogP contribution is -2.43. The van der Waals surface area contributed by atoms with E-state index >= 15 is 0 Å². The number of carbonyl (C=O) groups is 2. The first-order chi connectivity index (χ1) is 19.9. The molecule has 3 aromatic carbocycles. The SMILES string of the molecule is CCOc1cc(/C=C2/C(=O)N(CCc3ccc(OC)c(OC)c3)C(=O)C(C#N)=C2C)ccc1OCc1ccccc1. The maximum Gasteiger partial charge on any atom is 0.271 e. The van der Waals surface area contributed by atoms with Gasteiger partial charge in [0.1, 0.15) is 18.2 Å². The minimum atomic E-state index is -0.604. The number of amides is 2. The molecule has 3 aromatic rings. The Morgan fingerprint density at radius 2 is 1.56 bits per heavy atom. The molecule has 0 saturated carbocycles. The van der Waals surface area contributed by atoms with Gasteiger partial charge in [-0.15, -0.1) is 0 Å². The number of imide groups is 1. The van der Waals surface area contributed by atoms with Gasteiger partial charge in [0, 0.05) is 12.1 Å². The highest BCUT2D eigenvalue weighted by atomic mass is 16.5. The molecule has 41 heavy (non-hydrogen) atoms. The van der Waals surface area contributed by atoms with Crippen molar-refractivity contribution in [2.45, 2.75) is 26.9 Å². The Hall–Kier alpha value is -5.03. The summed E-state index contributed by atoms with van der Waals surface area (Å²) in [6.07, 6.45) is 2.05. The third-order valence-corrected chi connectivity index (χ3v) is 6.71. The van der Waals surface area contributed by atoms with Gasteiger partial charge in [0.2, 0.25) is 0 Å². The van der Waals surface area contributed by atoms with E-state index < -0.39 is 11.8 Å². The fourth-order valence-electron chi connectivity index (χ4n) is 4.51. The van der Waals surface area contributed by atoms with Crippen molar-refractivity contribution >= 4 is 17.9 Å². The third-order valence-electron chi connectivity index (χ3n) is 6.71. The van der Waals surface area contributed by atoms with Crippen molar-refractivity contribution in [3.05, 3.63) is 100 Å². The van der Waals surface area contributed by atoms with Gasteiger partial charge < -0.3 is 18.9 Å². The molecule has 1 aliphatic rings. The second-order valence-electron chi connectivity index (χ2n) is 9.28. The summed E-state index contributed by atoms with van der Waals surface area (Å²) >= 11 is 0. The first kappa shape index (κ1) is 29.0. The standard InChI is InChI=1S/C33H32N2O6/c1-5-40-31-19-25(12-14-29(31)41-21-24-9-7-6-8-10-24)17-26-22(2)27(20-34)33(37)35(32(26)36)16-15-23-11-13-28(38-3)30(18-23)39-4/h6-14,17-19H,5,15-16,21H2,1-4H3/b26-17+. The normalized spacial score (nSPS) is 14.2. The topological polar surface area (TPSA) is 98.1 Å². The van der Waals surface area contributed by atoms with Crippen molar-refractivity contribution in [1.29, 1.82) is 5.26 Å². The summed E-state index contributed by atoms with van der Waals surface area (Å²) in [7, 11) is 3.10. The van der Waals surface area contributed by atoms with Crippen LogP contribution in [-0.2, 0) is 22.6 Å². The molecule has 0 atom stereocenters. The fraction of sp³-hybridized carbons (Fsp3) is 0.242. The van der Waals surface area contributed by atoms with Crippen LogP contribution < -0.4 is 18.9 Å². The number of carbonyl (C=O) groups excluding carboxylic acids is 2. The molecular formula is C33H32N2O6. The Balaban J connectivity index is 1.60. The molecule has 0 fully saturated rings. The zero-order valence-electron chi connectivity index (χ0n) is 23.6. The number of nitrogens with zero attached hydrogens (tertiary/aromatic N) is 2. The molecule has 8 heteroatoms. The van der Waals surface area contributed by atoms with Crippen molar-refractivity contribution in [2.24, 2.45) is 0 Å². The highest BCUT2D eigenvalue weighted by molar-refractivity contribution is 6.19. The van der Waals surface area contributed by atoms with Crippen molar-refractivity contribution in [3.8, 4) is 29.1 Å². The molecule has 4 rings (SSSR count). The van der Waals surface area contributed by atoms with Crippen LogP contribution in [0.3, 0.4) is 0 Å². The summed E-state index contributed by atoms with van der Waals surface area (Å²) in [6, 6.07) is 22.6. The van der Waals surface area contributed by atoms with E-state index in [2.05, 4.69) is 0 Å². The number of benzene rings is 3. The number of hydrogen-bond donors (Lipinski definition) is 0.